The number of hydrogen-bond donors (Lipinski definition) is 1. The predicted octanol–water partition coefficient (Wildman–Crippen LogP) is 8.03. The first kappa shape index (κ1) is 28.3. The van der Waals surface area contributed by atoms with Crippen LogP contribution in [0.3, 0.4) is 0 Å². The van der Waals surface area contributed by atoms with Gasteiger partial charge in [0.05, 0.1) is 24.1 Å². The molecule has 0 amide bonds. The van der Waals surface area contributed by atoms with Crippen molar-refractivity contribution in [2.45, 2.75) is 32.9 Å². The van der Waals surface area contributed by atoms with Gasteiger partial charge >= 0.3 is 0 Å². The van der Waals surface area contributed by atoms with Crippen molar-refractivity contribution in [1.82, 2.24) is 10.3 Å². The molecule has 5 aromatic rings. The van der Waals surface area contributed by atoms with Gasteiger partial charge in [0.2, 0.25) is 0 Å². The lowest BCUT2D eigenvalue weighted by Crippen LogP contribution is -2.23. The van der Waals surface area contributed by atoms with Crippen LogP contribution < -0.4 is 14.8 Å². The van der Waals surface area contributed by atoms with Crippen molar-refractivity contribution in [3.8, 4) is 45.1 Å². The average molecular weight is 587 g/mol. The third-order valence-corrected chi connectivity index (χ3v) is 8.23. The maximum absolute atomic E-state index is 15.9. The fourth-order valence-corrected chi connectivity index (χ4v) is 6.36. The molecule has 0 aliphatic carbocycles. The Bertz CT molecular complexity index is 1750. The van der Waals surface area contributed by atoms with Crippen molar-refractivity contribution >= 4 is 21.4 Å². The van der Waals surface area contributed by atoms with Crippen LogP contribution in [0.5, 0.6) is 11.5 Å². The lowest BCUT2D eigenvalue weighted by molar-refractivity contribution is 0.146. The molecule has 1 N–H and O–H groups in total. The van der Waals surface area contributed by atoms with Crippen molar-refractivity contribution in [3.05, 3.63) is 88.8 Å². The van der Waals surface area contributed by atoms with Gasteiger partial charge in [-0.05, 0) is 79.7 Å². The third-order valence-electron chi connectivity index (χ3n) is 7.30. The summed E-state index contributed by atoms with van der Waals surface area (Å²) in [7, 11) is 1.58. The predicted molar refractivity (Wildman–Crippen MR) is 164 cm³/mol. The Morgan fingerprint density at radius 3 is 2.60 bits per heavy atom. The molecule has 6 rings (SSSR count). The van der Waals surface area contributed by atoms with Crippen LogP contribution in [-0.4, -0.2) is 38.0 Å². The molecule has 5 nitrogen and oxygen atoms in total. The number of rotatable bonds is 9. The molecule has 216 valence electrons. The Hall–Kier alpha value is -3.85. The first-order chi connectivity index (χ1) is 20.4. The van der Waals surface area contributed by atoms with E-state index in [-0.39, 0.29) is 12.7 Å². The minimum Gasteiger partial charge on any atom is -0.491 e. The van der Waals surface area contributed by atoms with Gasteiger partial charge in [-0.25, -0.2) is 13.8 Å². The van der Waals surface area contributed by atoms with Gasteiger partial charge in [0, 0.05) is 58.1 Å². The minimum absolute atomic E-state index is 0.0942. The van der Waals surface area contributed by atoms with Crippen molar-refractivity contribution in [2.24, 2.45) is 0 Å². The van der Waals surface area contributed by atoms with Crippen molar-refractivity contribution in [3.63, 3.8) is 0 Å². The number of pyridine rings is 1. The van der Waals surface area contributed by atoms with Crippen LogP contribution in [0.2, 0.25) is 0 Å². The molecule has 2 aromatic heterocycles. The normalized spacial score (nSPS) is 13.0. The van der Waals surface area contributed by atoms with Crippen molar-refractivity contribution < 1.29 is 23.0 Å². The summed E-state index contributed by atoms with van der Waals surface area (Å²) in [5.74, 6) is -0.0910. The van der Waals surface area contributed by atoms with Gasteiger partial charge in [-0.15, -0.1) is 11.3 Å². The van der Waals surface area contributed by atoms with Gasteiger partial charge in [0.15, 0.2) is 0 Å². The smallest absolute Gasteiger partial charge is 0.136 e. The molecule has 8 heteroatoms. The molecule has 0 fully saturated rings. The summed E-state index contributed by atoms with van der Waals surface area (Å²) < 4.78 is 48.2. The third kappa shape index (κ3) is 5.62. The molecule has 0 saturated carbocycles. The summed E-state index contributed by atoms with van der Waals surface area (Å²) >= 11 is 1.54. The molecular weight excluding hydrogens is 554 g/mol. The highest BCUT2D eigenvalue weighted by Gasteiger charge is 2.24. The second-order valence-corrected chi connectivity index (χ2v) is 11.5. The summed E-state index contributed by atoms with van der Waals surface area (Å²) in [5.41, 5.74) is 6.42. The van der Waals surface area contributed by atoms with E-state index in [1.54, 1.807) is 36.6 Å². The van der Waals surface area contributed by atoms with E-state index in [0.717, 1.165) is 40.9 Å². The van der Waals surface area contributed by atoms with E-state index in [1.807, 2.05) is 25.3 Å². The number of ether oxygens (including phenoxy) is 3. The Labute approximate surface area is 248 Å². The molecule has 3 aromatic carbocycles. The topological polar surface area (TPSA) is 52.6 Å². The highest BCUT2D eigenvalue weighted by molar-refractivity contribution is 7.18. The highest BCUT2D eigenvalue weighted by atomic mass is 32.1. The Morgan fingerprint density at radius 1 is 0.929 bits per heavy atom. The zero-order valence-corrected chi connectivity index (χ0v) is 24.6. The number of thiophene rings is 1. The maximum atomic E-state index is 15.9. The minimum atomic E-state index is -0.454. The molecule has 0 atom stereocenters. The van der Waals surface area contributed by atoms with Crippen LogP contribution in [0.1, 0.15) is 25.0 Å². The van der Waals surface area contributed by atoms with Crippen molar-refractivity contribution in [2.75, 3.05) is 26.9 Å². The summed E-state index contributed by atoms with van der Waals surface area (Å²) in [4.78, 5) is 5.19. The maximum Gasteiger partial charge on any atom is 0.136 e. The number of aromatic nitrogens is 1. The second-order valence-electron chi connectivity index (χ2n) is 10.5. The quantitative estimate of drug-likeness (QED) is 0.177. The first-order valence-electron chi connectivity index (χ1n) is 14.0. The molecule has 1 aliphatic heterocycles. The van der Waals surface area contributed by atoms with Gasteiger partial charge in [0.1, 0.15) is 29.7 Å². The SMILES string of the molecule is COCCOc1cc(F)ccc1-c1c(-c2ccc(OC(C)C)cc2F)nc(-c2ccc3c(c2)CCNC3)c2ccsc12. The van der Waals surface area contributed by atoms with Gasteiger partial charge in [0.25, 0.3) is 0 Å². The number of nitrogens with zero attached hydrogens (tertiary/aromatic N) is 1. The standard InChI is InChI=1S/C34H32F2N2O3S/c1-20(2)41-25-7-9-26(29(36)18-25)33-31(27-8-6-24(35)17-30(27)40-14-13-39-3)34-28(11-15-42-34)32(38-33)22-4-5-23-19-37-12-10-21(23)16-22/h4-9,11,15-18,20,37H,10,12-14,19H2,1-3H3. The van der Waals surface area contributed by atoms with Gasteiger partial charge < -0.3 is 19.5 Å². The van der Waals surface area contributed by atoms with Gasteiger partial charge in [-0.3, -0.25) is 0 Å². The van der Waals surface area contributed by atoms with Crippen LogP contribution in [-0.2, 0) is 17.7 Å². The zero-order chi connectivity index (χ0) is 29.2. The second kappa shape index (κ2) is 12.2. The number of methoxy groups -OCH3 is 1. The van der Waals surface area contributed by atoms with E-state index in [1.165, 1.54) is 29.3 Å². The monoisotopic (exact) mass is 586 g/mol. The average Bonchev–Trinajstić information content (AvgIpc) is 3.47. The molecule has 0 bridgehead atoms. The molecule has 42 heavy (non-hydrogen) atoms. The largest absolute Gasteiger partial charge is 0.491 e. The van der Waals surface area contributed by atoms with Crippen LogP contribution in [0.25, 0.3) is 43.7 Å². The molecule has 3 heterocycles. The molecule has 0 spiro atoms. The summed E-state index contributed by atoms with van der Waals surface area (Å²) in [6.45, 7) is 6.14. The molecule has 0 radical (unpaired) electrons. The van der Waals surface area contributed by atoms with Crippen LogP contribution in [0, 0.1) is 11.6 Å². The Balaban J connectivity index is 1.61. The van der Waals surface area contributed by atoms with Crippen molar-refractivity contribution in [1.29, 1.82) is 0 Å². The molecule has 1 aliphatic rings. The fourth-order valence-electron chi connectivity index (χ4n) is 5.40. The van der Waals surface area contributed by atoms with E-state index in [2.05, 4.69) is 23.5 Å². The number of fused-ring (bicyclic) bond motifs is 2. The van der Waals surface area contributed by atoms with Crippen LogP contribution >= 0.6 is 11.3 Å². The van der Waals surface area contributed by atoms with E-state index in [0.29, 0.717) is 40.5 Å². The lowest BCUT2D eigenvalue weighted by Gasteiger charge is -2.20. The van der Waals surface area contributed by atoms with Crippen LogP contribution in [0.15, 0.2) is 66.0 Å². The van der Waals surface area contributed by atoms with E-state index < -0.39 is 11.6 Å². The van der Waals surface area contributed by atoms with E-state index in [9.17, 15) is 4.39 Å². The lowest BCUT2D eigenvalue weighted by atomic mass is 9.93. The summed E-state index contributed by atoms with van der Waals surface area (Å²) in [5, 5.41) is 6.37. The molecular formula is C34H32F2N2O3S. The van der Waals surface area contributed by atoms with E-state index in [4.69, 9.17) is 19.2 Å². The first-order valence-corrected chi connectivity index (χ1v) is 14.9. The summed E-state index contributed by atoms with van der Waals surface area (Å²) in [6.07, 6.45) is 0.841. The Kier molecular flexibility index (Phi) is 8.20. The van der Waals surface area contributed by atoms with E-state index >= 15 is 4.39 Å². The number of benzene rings is 3. The van der Waals surface area contributed by atoms with Crippen LogP contribution in [0.4, 0.5) is 8.78 Å². The highest BCUT2D eigenvalue weighted by Crippen LogP contribution is 2.47. The number of halogens is 2. The number of hydrogen-bond acceptors (Lipinski definition) is 6. The van der Waals surface area contributed by atoms with Gasteiger partial charge in [-0.2, -0.15) is 0 Å². The summed E-state index contributed by atoms with van der Waals surface area (Å²) in [6, 6.07) is 17.8. The fraction of sp³-hybridized carbons (Fsp3) is 0.265. The zero-order valence-electron chi connectivity index (χ0n) is 23.8. The van der Waals surface area contributed by atoms with Gasteiger partial charge in [-0.1, -0.05) is 12.1 Å². The molecule has 0 saturated heterocycles. The molecule has 0 unspecified atom stereocenters. The Morgan fingerprint density at radius 2 is 1.79 bits per heavy atom. The number of nitrogens with one attached hydrogen (secondary N) is 1.